The van der Waals surface area contributed by atoms with Crippen molar-refractivity contribution in [1.82, 2.24) is 9.97 Å². The molecule has 0 atom stereocenters. The summed E-state index contributed by atoms with van der Waals surface area (Å²) in [7, 11) is 0. The third-order valence-electron chi connectivity index (χ3n) is 2.66. The number of aromatic amines is 1. The van der Waals surface area contributed by atoms with Crippen LogP contribution in [-0.4, -0.2) is 21.5 Å². The van der Waals surface area contributed by atoms with E-state index in [1.807, 2.05) is 6.92 Å². The van der Waals surface area contributed by atoms with Crippen LogP contribution in [0.25, 0.3) is 0 Å². The van der Waals surface area contributed by atoms with E-state index in [1.165, 1.54) is 17.8 Å². The number of aromatic nitrogens is 2. The average molecular weight is 252 g/mol. The maximum Gasteiger partial charge on any atom is 0.251 e. The molecule has 92 valence electrons. The van der Waals surface area contributed by atoms with Crippen LogP contribution in [0.3, 0.4) is 0 Å². The highest BCUT2D eigenvalue weighted by atomic mass is 32.2. The van der Waals surface area contributed by atoms with Crippen molar-refractivity contribution in [3.8, 4) is 0 Å². The van der Waals surface area contributed by atoms with Crippen molar-refractivity contribution in [2.75, 3.05) is 5.75 Å². The second-order valence-corrected chi connectivity index (χ2v) is 5.29. The molecule has 4 nitrogen and oxygen atoms in total. The predicted molar refractivity (Wildman–Crippen MR) is 67.3 cm³/mol. The van der Waals surface area contributed by atoms with Crippen molar-refractivity contribution in [2.24, 2.45) is 5.92 Å². The highest BCUT2D eigenvalue weighted by Gasteiger charge is 2.29. The molecule has 1 aromatic rings. The smallest absolute Gasteiger partial charge is 0.251 e. The molecule has 1 aliphatic carbocycles. The van der Waals surface area contributed by atoms with E-state index in [2.05, 4.69) is 9.97 Å². The maximum atomic E-state index is 11.5. The Morgan fingerprint density at radius 2 is 2.35 bits per heavy atom. The molecule has 1 aliphatic rings. The van der Waals surface area contributed by atoms with Crippen molar-refractivity contribution >= 4 is 17.5 Å². The van der Waals surface area contributed by atoms with Crippen LogP contribution >= 0.6 is 11.8 Å². The third-order valence-corrected chi connectivity index (χ3v) is 3.56. The first-order chi connectivity index (χ1) is 8.19. The van der Waals surface area contributed by atoms with Crippen LogP contribution in [0.4, 0.5) is 0 Å². The molecule has 0 spiro atoms. The highest BCUT2D eigenvalue weighted by molar-refractivity contribution is 7.99. The number of carbonyl (C=O) groups is 1. The third kappa shape index (κ3) is 3.70. The van der Waals surface area contributed by atoms with Crippen LogP contribution in [0.5, 0.6) is 0 Å². The van der Waals surface area contributed by atoms with Gasteiger partial charge in [0.25, 0.3) is 5.56 Å². The van der Waals surface area contributed by atoms with Crippen LogP contribution in [0.15, 0.2) is 16.0 Å². The average Bonchev–Trinajstić information content (AvgIpc) is 3.09. The quantitative estimate of drug-likeness (QED) is 0.619. The molecule has 0 saturated heterocycles. The number of hydrogen-bond acceptors (Lipinski definition) is 4. The summed E-state index contributed by atoms with van der Waals surface area (Å²) >= 11 is 1.33. The lowest BCUT2D eigenvalue weighted by Gasteiger charge is -2.02. The summed E-state index contributed by atoms with van der Waals surface area (Å²) in [6, 6.07) is 1.52. The fourth-order valence-corrected chi connectivity index (χ4v) is 2.47. The molecular formula is C12H16N2O2S. The largest absolute Gasteiger partial charge is 0.301 e. The normalized spacial score (nSPS) is 14.9. The summed E-state index contributed by atoms with van der Waals surface area (Å²) in [5.74, 6) is 0.968. The summed E-state index contributed by atoms with van der Waals surface area (Å²) in [4.78, 5) is 29.9. The fraction of sp³-hybridized carbons (Fsp3) is 0.583. The number of rotatable bonds is 6. The van der Waals surface area contributed by atoms with Gasteiger partial charge >= 0.3 is 0 Å². The van der Waals surface area contributed by atoms with E-state index in [9.17, 15) is 9.59 Å². The molecule has 0 aromatic carbocycles. The second kappa shape index (κ2) is 5.49. The number of nitrogens with one attached hydrogen (secondary N) is 1. The SMILES string of the molecule is CCCc1cc(=O)[nH]c(SCC(=O)C2CC2)n1. The van der Waals surface area contributed by atoms with Gasteiger partial charge in [0.05, 0.1) is 5.75 Å². The van der Waals surface area contributed by atoms with E-state index in [0.717, 1.165) is 31.4 Å². The van der Waals surface area contributed by atoms with E-state index < -0.39 is 0 Å². The summed E-state index contributed by atoms with van der Waals surface area (Å²) in [5.41, 5.74) is 0.669. The molecule has 0 unspecified atom stereocenters. The predicted octanol–water partition coefficient (Wildman–Crippen LogP) is 1.79. The van der Waals surface area contributed by atoms with Gasteiger partial charge in [-0.25, -0.2) is 4.98 Å². The molecule has 0 aliphatic heterocycles. The van der Waals surface area contributed by atoms with Crippen molar-refractivity contribution in [2.45, 2.75) is 37.8 Å². The zero-order valence-electron chi connectivity index (χ0n) is 9.86. The lowest BCUT2D eigenvalue weighted by atomic mass is 10.2. The zero-order chi connectivity index (χ0) is 12.3. The number of carbonyl (C=O) groups excluding carboxylic acids is 1. The van der Waals surface area contributed by atoms with Gasteiger partial charge in [-0.05, 0) is 19.3 Å². The monoisotopic (exact) mass is 252 g/mol. The molecular weight excluding hydrogens is 236 g/mol. The van der Waals surface area contributed by atoms with E-state index in [4.69, 9.17) is 0 Å². The summed E-state index contributed by atoms with van der Waals surface area (Å²) in [6.07, 6.45) is 3.81. The minimum Gasteiger partial charge on any atom is -0.301 e. The van der Waals surface area contributed by atoms with Gasteiger partial charge in [-0.1, -0.05) is 25.1 Å². The van der Waals surface area contributed by atoms with E-state index in [-0.39, 0.29) is 17.3 Å². The molecule has 0 amide bonds. The van der Waals surface area contributed by atoms with Gasteiger partial charge in [0.15, 0.2) is 5.16 Å². The molecule has 1 aromatic heterocycles. The minimum atomic E-state index is -0.134. The minimum absolute atomic E-state index is 0.134. The Balaban J connectivity index is 1.99. The van der Waals surface area contributed by atoms with Gasteiger partial charge in [0.2, 0.25) is 0 Å². The Hall–Kier alpha value is -1.10. The molecule has 1 heterocycles. The molecule has 0 bridgehead atoms. The van der Waals surface area contributed by atoms with Gasteiger partial charge in [0.1, 0.15) is 5.78 Å². The lowest BCUT2D eigenvalue weighted by molar-refractivity contribution is -0.117. The van der Waals surface area contributed by atoms with Crippen LogP contribution in [-0.2, 0) is 11.2 Å². The first-order valence-electron chi connectivity index (χ1n) is 5.94. The van der Waals surface area contributed by atoms with Crippen LogP contribution in [0.1, 0.15) is 31.9 Å². The topological polar surface area (TPSA) is 62.8 Å². The van der Waals surface area contributed by atoms with Gasteiger partial charge in [-0.2, -0.15) is 0 Å². The Kier molecular flexibility index (Phi) is 3.99. The standard InChI is InChI=1S/C12H16N2O2S/c1-2-3-9-6-11(16)14-12(13-9)17-7-10(15)8-4-5-8/h6,8H,2-5,7H2,1H3,(H,13,14,16). The molecule has 1 saturated carbocycles. The first kappa shape index (κ1) is 12.4. The lowest BCUT2D eigenvalue weighted by Crippen LogP contribution is -2.11. The fourth-order valence-electron chi connectivity index (χ4n) is 1.60. The first-order valence-corrected chi connectivity index (χ1v) is 6.93. The number of H-pyrrole nitrogens is 1. The Morgan fingerprint density at radius 1 is 1.59 bits per heavy atom. The molecule has 1 N–H and O–H groups in total. The molecule has 2 rings (SSSR count). The molecule has 5 heteroatoms. The number of aryl methyl sites for hydroxylation is 1. The van der Waals surface area contributed by atoms with E-state index in [0.29, 0.717) is 10.9 Å². The summed E-state index contributed by atoms with van der Waals surface area (Å²) in [6.45, 7) is 2.05. The van der Waals surface area contributed by atoms with Crippen LogP contribution in [0, 0.1) is 5.92 Å². The number of ketones is 1. The van der Waals surface area contributed by atoms with E-state index in [1.54, 1.807) is 0 Å². The number of nitrogens with zero attached hydrogens (tertiary/aromatic N) is 1. The van der Waals surface area contributed by atoms with E-state index >= 15 is 0 Å². The van der Waals surface area contributed by atoms with Gasteiger partial charge in [0, 0.05) is 17.7 Å². The van der Waals surface area contributed by atoms with Crippen molar-refractivity contribution in [1.29, 1.82) is 0 Å². The van der Waals surface area contributed by atoms with Gasteiger partial charge in [-0.15, -0.1) is 0 Å². The van der Waals surface area contributed by atoms with Crippen LogP contribution < -0.4 is 5.56 Å². The Labute approximate surface area is 104 Å². The van der Waals surface area contributed by atoms with Gasteiger partial charge in [-0.3, -0.25) is 9.59 Å². The number of hydrogen-bond donors (Lipinski definition) is 1. The van der Waals surface area contributed by atoms with Crippen LogP contribution in [0.2, 0.25) is 0 Å². The van der Waals surface area contributed by atoms with Gasteiger partial charge < -0.3 is 4.98 Å². The van der Waals surface area contributed by atoms with Crippen molar-refractivity contribution in [3.63, 3.8) is 0 Å². The second-order valence-electron chi connectivity index (χ2n) is 4.32. The Bertz CT molecular complexity index is 466. The summed E-state index contributed by atoms with van der Waals surface area (Å²) in [5, 5.41) is 0.565. The summed E-state index contributed by atoms with van der Waals surface area (Å²) < 4.78 is 0. The zero-order valence-corrected chi connectivity index (χ0v) is 10.7. The number of thioether (sulfide) groups is 1. The molecule has 1 fully saturated rings. The molecule has 17 heavy (non-hydrogen) atoms. The van der Waals surface area contributed by atoms with Crippen molar-refractivity contribution < 1.29 is 4.79 Å². The molecule has 0 radical (unpaired) electrons. The Morgan fingerprint density at radius 3 is 3.00 bits per heavy atom. The number of Topliss-reactive ketones (excluding diaryl/α,β-unsaturated/α-hetero) is 1. The van der Waals surface area contributed by atoms with Crippen molar-refractivity contribution in [3.05, 3.63) is 22.1 Å². The highest BCUT2D eigenvalue weighted by Crippen LogP contribution is 2.31. The maximum absolute atomic E-state index is 11.5.